The summed E-state index contributed by atoms with van der Waals surface area (Å²) >= 11 is 1.83. The summed E-state index contributed by atoms with van der Waals surface area (Å²) in [5.41, 5.74) is 2.36. The normalized spacial score (nSPS) is 21.4. The molecule has 2 aliphatic rings. The zero-order valence-corrected chi connectivity index (χ0v) is 17.0. The average molecular weight is 389 g/mol. The van der Waals surface area contributed by atoms with Crippen LogP contribution in [0.3, 0.4) is 0 Å². The molecule has 6 nitrogen and oxygen atoms in total. The van der Waals surface area contributed by atoms with E-state index in [1.165, 1.54) is 10.4 Å². The van der Waals surface area contributed by atoms with Gasteiger partial charge in [0, 0.05) is 50.2 Å². The molecular formula is C20H28N4O2S. The first-order valence-corrected chi connectivity index (χ1v) is 10.7. The van der Waals surface area contributed by atoms with Crippen molar-refractivity contribution >= 4 is 17.2 Å². The minimum absolute atomic E-state index is 0.254. The monoisotopic (exact) mass is 388 g/mol. The van der Waals surface area contributed by atoms with Gasteiger partial charge in [0.25, 0.3) is 0 Å². The largest absolute Gasteiger partial charge is 0.361 e. The molecule has 0 aliphatic carbocycles. The maximum atomic E-state index is 13.0. The van der Waals surface area contributed by atoms with E-state index in [2.05, 4.69) is 38.2 Å². The highest BCUT2D eigenvalue weighted by molar-refractivity contribution is 7.10. The predicted molar refractivity (Wildman–Crippen MR) is 106 cm³/mol. The van der Waals surface area contributed by atoms with Crippen molar-refractivity contribution in [2.75, 3.05) is 39.3 Å². The van der Waals surface area contributed by atoms with Crippen molar-refractivity contribution in [3.05, 3.63) is 39.4 Å². The fourth-order valence-electron chi connectivity index (χ4n) is 4.24. The number of piperazine rings is 1. The Morgan fingerprint density at radius 1 is 1.26 bits per heavy atom. The number of thiophene rings is 1. The van der Waals surface area contributed by atoms with E-state index in [0.717, 1.165) is 63.6 Å². The van der Waals surface area contributed by atoms with Gasteiger partial charge in [-0.25, -0.2) is 0 Å². The van der Waals surface area contributed by atoms with Gasteiger partial charge in [-0.05, 0) is 36.8 Å². The van der Waals surface area contributed by atoms with Crippen molar-refractivity contribution in [3.8, 4) is 0 Å². The third kappa shape index (κ3) is 4.10. The van der Waals surface area contributed by atoms with Gasteiger partial charge < -0.3 is 9.42 Å². The minimum atomic E-state index is 0.254. The lowest BCUT2D eigenvalue weighted by Crippen LogP contribution is -2.51. The highest BCUT2D eigenvalue weighted by atomic mass is 32.1. The highest BCUT2D eigenvalue weighted by Gasteiger charge is 2.31. The number of carbonyl (C=O) groups excluding carboxylic acids is 1. The van der Waals surface area contributed by atoms with Crippen molar-refractivity contribution in [1.82, 2.24) is 19.9 Å². The van der Waals surface area contributed by atoms with E-state index in [1.54, 1.807) is 0 Å². The van der Waals surface area contributed by atoms with E-state index in [0.29, 0.717) is 6.54 Å². The molecule has 1 atom stereocenters. The summed E-state index contributed by atoms with van der Waals surface area (Å²) in [4.78, 5) is 21.2. The van der Waals surface area contributed by atoms with Gasteiger partial charge in [-0.3, -0.25) is 14.6 Å². The first kappa shape index (κ1) is 18.7. The van der Waals surface area contributed by atoms with Gasteiger partial charge in [0.2, 0.25) is 5.91 Å². The Morgan fingerprint density at radius 3 is 2.74 bits per heavy atom. The fraction of sp³-hybridized carbons (Fsp3) is 0.600. The van der Waals surface area contributed by atoms with Gasteiger partial charge in [-0.1, -0.05) is 12.1 Å². The summed E-state index contributed by atoms with van der Waals surface area (Å²) in [6.45, 7) is 10.1. The van der Waals surface area contributed by atoms with E-state index in [1.807, 2.05) is 24.3 Å². The number of aromatic nitrogens is 1. The van der Waals surface area contributed by atoms with Crippen molar-refractivity contribution < 1.29 is 9.32 Å². The molecule has 1 amide bonds. The lowest BCUT2D eigenvalue weighted by atomic mass is 9.97. The van der Waals surface area contributed by atoms with Crippen LogP contribution >= 0.6 is 11.3 Å². The number of nitrogens with zero attached hydrogens (tertiary/aromatic N) is 4. The SMILES string of the molecule is CCC1c2ccsc2CCN1C(=O)CN1CCN(Cc2cc(C)on2)CC1. The summed E-state index contributed by atoms with van der Waals surface area (Å²) in [7, 11) is 0. The molecule has 2 aliphatic heterocycles. The standard InChI is InChI=1S/C20H28N4O2S/c1-3-18-17-5-11-27-19(17)4-6-24(18)20(25)14-23-9-7-22(8-10-23)13-16-12-15(2)26-21-16/h5,11-12,18H,3-4,6-10,13-14H2,1-2H3. The van der Waals surface area contributed by atoms with Crippen LogP contribution in [0.15, 0.2) is 22.0 Å². The van der Waals surface area contributed by atoms with Crippen molar-refractivity contribution in [2.24, 2.45) is 0 Å². The number of rotatable bonds is 5. The van der Waals surface area contributed by atoms with Gasteiger partial charge in [0.1, 0.15) is 5.76 Å². The zero-order chi connectivity index (χ0) is 18.8. The second-order valence-electron chi connectivity index (χ2n) is 7.54. The van der Waals surface area contributed by atoms with Gasteiger partial charge in [0.05, 0.1) is 18.3 Å². The molecule has 1 saturated heterocycles. The van der Waals surface area contributed by atoms with Crippen molar-refractivity contribution in [3.63, 3.8) is 0 Å². The summed E-state index contributed by atoms with van der Waals surface area (Å²) < 4.78 is 5.15. The smallest absolute Gasteiger partial charge is 0.237 e. The summed E-state index contributed by atoms with van der Waals surface area (Å²) in [5.74, 6) is 1.13. The van der Waals surface area contributed by atoms with Crippen molar-refractivity contribution in [2.45, 2.75) is 39.3 Å². The number of hydrogen-bond acceptors (Lipinski definition) is 6. The molecule has 2 aromatic rings. The van der Waals surface area contributed by atoms with Crippen LogP contribution in [-0.2, 0) is 17.8 Å². The average Bonchev–Trinajstić information content (AvgIpc) is 3.31. The second kappa shape index (κ2) is 8.12. The van der Waals surface area contributed by atoms with E-state index < -0.39 is 0 Å². The van der Waals surface area contributed by atoms with Gasteiger partial charge in [-0.2, -0.15) is 0 Å². The molecule has 146 valence electrons. The molecule has 0 aromatic carbocycles. The minimum Gasteiger partial charge on any atom is -0.361 e. The molecule has 0 N–H and O–H groups in total. The van der Waals surface area contributed by atoms with Crippen LogP contribution in [0.4, 0.5) is 0 Å². The molecule has 1 fully saturated rings. The lowest BCUT2D eigenvalue weighted by molar-refractivity contribution is -0.135. The molecule has 0 saturated carbocycles. The molecule has 4 heterocycles. The first-order chi connectivity index (χ1) is 13.1. The van der Waals surface area contributed by atoms with Crippen LogP contribution < -0.4 is 0 Å². The fourth-order valence-corrected chi connectivity index (χ4v) is 5.17. The quantitative estimate of drug-likeness (QED) is 0.788. The summed E-state index contributed by atoms with van der Waals surface area (Å²) in [5, 5.41) is 6.24. The first-order valence-electron chi connectivity index (χ1n) is 9.86. The topological polar surface area (TPSA) is 52.8 Å². The van der Waals surface area contributed by atoms with Crippen LogP contribution in [0.2, 0.25) is 0 Å². The maximum Gasteiger partial charge on any atom is 0.237 e. The van der Waals surface area contributed by atoms with E-state index >= 15 is 0 Å². The number of hydrogen-bond donors (Lipinski definition) is 0. The Hall–Kier alpha value is -1.70. The molecule has 0 spiro atoms. The van der Waals surface area contributed by atoms with Gasteiger partial charge in [0.15, 0.2) is 0 Å². The molecule has 27 heavy (non-hydrogen) atoms. The third-order valence-electron chi connectivity index (χ3n) is 5.69. The van der Waals surface area contributed by atoms with Crippen molar-refractivity contribution in [1.29, 1.82) is 0 Å². The van der Waals surface area contributed by atoms with Crippen LogP contribution in [-0.4, -0.2) is 65.0 Å². The number of aryl methyl sites for hydroxylation is 1. The molecule has 2 aromatic heterocycles. The van der Waals surface area contributed by atoms with Crippen LogP contribution in [0.25, 0.3) is 0 Å². The number of fused-ring (bicyclic) bond motifs is 1. The number of carbonyl (C=O) groups is 1. The van der Waals surface area contributed by atoms with Gasteiger partial charge >= 0.3 is 0 Å². The summed E-state index contributed by atoms with van der Waals surface area (Å²) in [6, 6.07) is 4.46. The Labute approximate surface area is 164 Å². The van der Waals surface area contributed by atoms with Gasteiger partial charge in [-0.15, -0.1) is 11.3 Å². The molecule has 4 rings (SSSR count). The van der Waals surface area contributed by atoms with E-state index in [4.69, 9.17) is 4.52 Å². The second-order valence-corrected chi connectivity index (χ2v) is 8.54. The Balaban J connectivity index is 1.29. The van der Waals surface area contributed by atoms with E-state index in [-0.39, 0.29) is 11.9 Å². The molecule has 0 radical (unpaired) electrons. The van der Waals surface area contributed by atoms with Crippen LogP contribution in [0, 0.1) is 6.92 Å². The van der Waals surface area contributed by atoms with Crippen LogP contribution in [0.1, 0.15) is 41.3 Å². The Morgan fingerprint density at radius 2 is 2.04 bits per heavy atom. The molecular weight excluding hydrogens is 360 g/mol. The van der Waals surface area contributed by atoms with Crippen LogP contribution in [0.5, 0.6) is 0 Å². The predicted octanol–water partition coefficient (Wildman–Crippen LogP) is 2.70. The summed E-state index contributed by atoms with van der Waals surface area (Å²) in [6.07, 6.45) is 1.99. The highest BCUT2D eigenvalue weighted by Crippen LogP contribution is 2.35. The molecule has 7 heteroatoms. The lowest BCUT2D eigenvalue weighted by Gasteiger charge is -2.38. The zero-order valence-electron chi connectivity index (χ0n) is 16.2. The molecule has 0 bridgehead atoms. The van der Waals surface area contributed by atoms with E-state index in [9.17, 15) is 4.79 Å². The third-order valence-corrected chi connectivity index (χ3v) is 6.68. The number of amides is 1. The maximum absolute atomic E-state index is 13.0. The molecule has 1 unspecified atom stereocenters. The Kier molecular flexibility index (Phi) is 5.61. The Bertz CT molecular complexity index is 779.